The third-order valence-corrected chi connectivity index (χ3v) is 3.22. The van der Waals surface area contributed by atoms with Crippen LogP contribution >= 0.6 is 0 Å². The van der Waals surface area contributed by atoms with Gasteiger partial charge in [0.1, 0.15) is 0 Å². The molecule has 0 radical (unpaired) electrons. The van der Waals surface area contributed by atoms with Crippen molar-refractivity contribution in [3.63, 3.8) is 0 Å². The van der Waals surface area contributed by atoms with E-state index in [0.29, 0.717) is 0 Å². The first-order valence-corrected chi connectivity index (χ1v) is 5.43. The van der Waals surface area contributed by atoms with Crippen LogP contribution in [0.3, 0.4) is 0 Å². The second-order valence-electron chi connectivity index (χ2n) is 4.99. The second kappa shape index (κ2) is 3.75. The number of aromatic amines is 1. The van der Waals surface area contributed by atoms with Gasteiger partial charge in [0.25, 0.3) is 0 Å². The van der Waals surface area contributed by atoms with Crippen molar-refractivity contribution in [2.45, 2.75) is 38.9 Å². The summed E-state index contributed by atoms with van der Waals surface area (Å²) in [6.07, 6.45) is 5.31. The van der Waals surface area contributed by atoms with Gasteiger partial charge in [-0.1, -0.05) is 5.98 Å². The fourth-order valence-corrected chi connectivity index (χ4v) is 1.51. The van der Waals surface area contributed by atoms with Gasteiger partial charge in [0.05, 0.1) is 29.4 Å². The van der Waals surface area contributed by atoms with Gasteiger partial charge in [0.2, 0.25) is 0 Å². The van der Waals surface area contributed by atoms with Crippen LogP contribution in [-0.4, -0.2) is 28.3 Å². The summed E-state index contributed by atoms with van der Waals surface area (Å²) in [5, 5.41) is 0. The Hall–Kier alpha value is -1.07. The quantitative estimate of drug-likeness (QED) is 0.776. The molecule has 4 nitrogen and oxygen atoms in total. The third kappa shape index (κ3) is 2.06. The number of H-pyrrole nitrogens is 1. The van der Waals surface area contributed by atoms with Crippen molar-refractivity contribution in [3.8, 4) is 0 Å². The highest BCUT2D eigenvalue weighted by molar-refractivity contribution is 6.52. The first kappa shape index (κ1) is 11.4. The monoisotopic (exact) mass is 220 g/mol. The van der Waals surface area contributed by atoms with Crippen molar-refractivity contribution >= 4 is 13.2 Å². The summed E-state index contributed by atoms with van der Waals surface area (Å²) >= 11 is 0. The molecule has 1 N–H and O–H groups in total. The first-order chi connectivity index (χ1) is 7.41. The number of imidazole rings is 1. The van der Waals surface area contributed by atoms with E-state index in [0.717, 1.165) is 5.69 Å². The van der Waals surface area contributed by atoms with E-state index in [9.17, 15) is 0 Å². The zero-order valence-corrected chi connectivity index (χ0v) is 10.2. The fourth-order valence-electron chi connectivity index (χ4n) is 1.51. The Kier molecular flexibility index (Phi) is 2.68. The molecule has 1 aromatic rings. The maximum absolute atomic E-state index is 5.82. The van der Waals surface area contributed by atoms with Crippen LogP contribution in [0.4, 0.5) is 0 Å². The lowest BCUT2D eigenvalue weighted by Crippen LogP contribution is -2.41. The molecule has 1 aromatic heterocycles. The van der Waals surface area contributed by atoms with Crippen molar-refractivity contribution in [2.75, 3.05) is 0 Å². The van der Waals surface area contributed by atoms with Crippen molar-refractivity contribution in [2.24, 2.45) is 0 Å². The maximum Gasteiger partial charge on any atom is 0.487 e. The molecule has 1 fully saturated rings. The molecular formula is C11H17BN2O2. The molecule has 86 valence electrons. The molecule has 0 bridgehead atoms. The molecule has 1 aliphatic heterocycles. The van der Waals surface area contributed by atoms with Crippen LogP contribution in [-0.2, 0) is 9.31 Å². The normalized spacial score (nSPS) is 23.1. The molecule has 0 saturated carbocycles. The van der Waals surface area contributed by atoms with E-state index in [1.165, 1.54) is 0 Å². The molecule has 2 rings (SSSR count). The molecule has 0 unspecified atom stereocenters. The molecule has 0 aromatic carbocycles. The van der Waals surface area contributed by atoms with E-state index >= 15 is 0 Å². The van der Waals surface area contributed by atoms with E-state index in [2.05, 4.69) is 9.97 Å². The fraction of sp³-hybridized carbons (Fsp3) is 0.545. The van der Waals surface area contributed by atoms with Gasteiger partial charge in [-0.3, -0.25) is 0 Å². The Morgan fingerprint density at radius 2 is 1.88 bits per heavy atom. The van der Waals surface area contributed by atoms with Crippen molar-refractivity contribution in [1.29, 1.82) is 0 Å². The average Bonchev–Trinajstić information content (AvgIpc) is 2.70. The minimum absolute atomic E-state index is 0.282. The highest BCUT2D eigenvalue weighted by Gasteiger charge is 2.49. The lowest BCUT2D eigenvalue weighted by atomic mass is 9.90. The summed E-state index contributed by atoms with van der Waals surface area (Å²) in [7, 11) is -0.298. The highest BCUT2D eigenvalue weighted by Crippen LogP contribution is 2.36. The zero-order chi connectivity index (χ0) is 11.8. The summed E-state index contributed by atoms with van der Waals surface area (Å²) in [5.41, 5.74) is 0.376. The van der Waals surface area contributed by atoms with E-state index in [1.54, 1.807) is 12.5 Å². The molecule has 0 amide bonds. The Morgan fingerprint density at radius 1 is 1.25 bits per heavy atom. The molecule has 1 aliphatic rings. The van der Waals surface area contributed by atoms with Gasteiger partial charge in [-0.15, -0.1) is 0 Å². The third-order valence-electron chi connectivity index (χ3n) is 3.22. The highest BCUT2D eigenvalue weighted by atomic mass is 16.7. The standard InChI is InChI=1S/C11H17BN2O2/c1-10(2)11(3,4)16-12(15-10)6-5-9-7-13-8-14-9/h5-8H,1-4H3,(H,13,14)/b6-5+. The molecule has 0 spiro atoms. The molecular weight excluding hydrogens is 203 g/mol. The van der Waals surface area contributed by atoms with Gasteiger partial charge < -0.3 is 14.3 Å². The maximum atomic E-state index is 5.82. The Bertz CT molecular complexity index is 369. The minimum Gasteiger partial charge on any atom is -0.400 e. The van der Waals surface area contributed by atoms with E-state index in [-0.39, 0.29) is 18.3 Å². The number of nitrogens with one attached hydrogen (secondary N) is 1. The minimum atomic E-state index is -0.298. The van der Waals surface area contributed by atoms with Gasteiger partial charge in [0, 0.05) is 0 Å². The van der Waals surface area contributed by atoms with E-state index < -0.39 is 0 Å². The van der Waals surface area contributed by atoms with E-state index in [1.807, 2.05) is 39.7 Å². The summed E-state index contributed by atoms with van der Waals surface area (Å²) in [6.45, 7) is 8.15. The number of aromatic nitrogens is 2. The average molecular weight is 220 g/mol. The van der Waals surface area contributed by atoms with Gasteiger partial charge in [-0.2, -0.15) is 0 Å². The number of hydrogen-bond donors (Lipinski definition) is 1. The zero-order valence-electron chi connectivity index (χ0n) is 10.2. The van der Waals surface area contributed by atoms with Gasteiger partial charge in [-0.05, 0) is 33.8 Å². The van der Waals surface area contributed by atoms with Crippen LogP contribution in [0.5, 0.6) is 0 Å². The number of hydrogen-bond acceptors (Lipinski definition) is 3. The van der Waals surface area contributed by atoms with Crippen LogP contribution in [0, 0.1) is 0 Å². The Labute approximate surface area is 96.2 Å². The largest absolute Gasteiger partial charge is 0.487 e. The van der Waals surface area contributed by atoms with Crippen LogP contribution in [0.25, 0.3) is 6.08 Å². The Balaban J connectivity index is 2.05. The second-order valence-corrected chi connectivity index (χ2v) is 4.99. The van der Waals surface area contributed by atoms with Gasteiger partial charge in [0.15, 0.2) is 0 Å². The smallest absolute Gasteiger partial charge is 0.400 e. The summed E-state index contributed by atoms with van der Waals surface area (Å²) in [6, 6.07) is 0. The molecule has 0 atom stereocenters. The van der Waals surface area contributed by atoms with Crippen LogP contribution in [0.1, 0.15) is 33.4 Å². The van der Waals surface area contributed by atoms with E-state index in [4.69, 9.17) is 9.31 Å². The van der Waals surface area contributed by atoms with Crippen molar-refractivity contribution in [1.82, 2.24) is 9.97 Å². The van der Waals surface area contributed by atoms with Crippen LogP contribution in [0.2, 0.25) is 0 Å². The number of rotatable bonds is 2. The summed E-state index contributed by atoms with van der Waals surface area (Å²) < 4.78 is 11.6. The van der Waals surface area contributed by atoms with Gasteiger partial charge >= 0.3 is 7.12 Å². The van der Waals surface area contributed by atoms with Crippen LogP contribution < -0.4 is 0 Å². The predicted molar refractivity (Wildman–Crippen MR) is 63.7 cm³/mol. The predicted octanol–water partition coefficient (Wildman–Crippen LogP) is 2.05. The van der Waals surface area contributed by atoms with Gasteiger partial charge in [-0.25, -0.2) is 4.98 Å². The molecule has 16 heavy (non-hydrogen) atoms. The molecule has 1 saturated heterocycles. The number of nitrogens with zero attached hydrogens (tertiary/aromatic N) is 1. The topological polar surface area (TPSA) is 47.1 Å². The van der Waals surface area contributed by atoms with Crippen molar-refractivity contribution < 1.29 is 9.31 Å². The Morgan fingerprint density at radius 3 is 2.38 bits per heavy atom. The SMILES string of the molecule is CC1(C)OB(/C=C/c2cnc[nH]2)OC1(C)C. The summed E-state index contributed by atoms with van der Waals surface area (Å²) in [4.78, 5) is 6.93. The lowest BCUT2D eigenvalue weighted by Gasteiger charge is -2.32. The first-order valence-electron chi connectivity index (χ1n) is 5.43. The molecule has 0 aliphatic carbocycles. The molecule has 5 heteroatoms. The summed E-state index contributed by atoms with van der Waals surface area (Å²) in [5.74, 6) is 1.89. The molecule has 2 heterocycles. The lowest BCUT2D eigenvalue weighted by molar-refractivity contribution is 0.00578. The van der Waals surface area contributed by atoms with Crippen LogP contribution in [0.15, 0.2) is 18.5 Å². The van der Waals surface area contributed by atoms with Crippen molar-refractivity contribution in [3.05, 3.63) is 24.2 Å².